The molecule has 20 heavy (non-hydrogen) atoms. The predicted molar refractivity (Wildman–Crippen MR) is 70.3 cm³/mol. The van der Waals surface area contributed by atoms with E-state index in [-0.39, 0.29) is 6.61 Å². The van der Waals surface area contributed by atoms with Gasteiger partial charge in [0.1, 0.15) is 29.4 Å². The number of nitrogens with zero attached hydrogens (tertiary/aromatic N) is 1. The minimum Gasteiger partial charge on any atom is -0.486 e. The van der Waals surface area contributed by atoms with Gasteiger partial charge in [0.15, 0.2) is 0 Å². The van der Waals surface area contributed by atoms with E-state index in [0.717, 1.165) is 0 Å². The van der Waals surface area contributed by atoms with Crippen LogP contribution in [0.25, 0.3) is 0 Å². The zero-order valence-electron chi connectivity index (χ0n) is 11.2. The van der Waals surface area contributed by atoms with E-state index in [1.54, 1.807) is 37.3 Å². The largest absolute Gasteiger partial charge is 0.486 e. The van der Waals surface area contributed by atoms with Gasteiger partial charge in [-0.25, -0.2) is 4.79 Å². The first-order chi connectivity index (χ1) is 9.63. The minimum atomic E-state index is -0.441. The SMILES string of the molecule is COC(=O)c1cc(COc2cccc(C#N)c2)oc1C. The molecule has 0 bridgehead atoms. The van der Waals surface area contributed by atoms with Crippen molar-refractivity contribution in [2.24, 2.45) is 0 Å². The van der Waals surface area contributed by atoms with Crippen LogP contribution in [0.3, 0.4) is 0 Å². The van der Waals surface area contributed by atoms with Gasteiger partial charge in [-0.05, 0) is 31.2 Å². The van der Waals surface area contributed by atoms with Gasteiger partial charge >= 0.3 is 5.97 Å². The van der Waals surface area contributed by atoms with Crippen LogP contribution in [0.2, 0.25) is 0 Å². The fraction of sp³-hybridized carbons (Fsp3) is 0.200. The Morgan fingerprint density at radius 2 is 2.20 bits per heavy atom. The summed E-state index contributed by atoms with van der Waals surface area (Å²) in [5.41, 5.74) is 0.908. The highest BCUT2D eigenvalue weighted by molar-refractivity contribution is 5.90. The Balaban J connectivity index is 2.08. The van der Waals surface area contributed by atoms with Crippen molar-refractivity contribution < 1.29 is 18.7 Å². The van der Waals surface area contributed by atoms with Crippen LogP contribution in [0.5, 0.6) is 5.75 Å². The van der Waals surface area contributed by atoms with E-state index in [2.05, 4.69) is 4.74 Å². The van der Waals surface area contributed by atoms with Crippen molar-refractivity contribution in [3.8, 4) is 11.8 Å². The first-order valence-electron chi connectivity index (χ1n) is 5.94. The molecule has 1 heterocycles. The van der Waals surface area contributed by atoms with Crippen LogP contribution >= 0.6 is 0 Å². The standard InChI is InChI=1S/C15H13NO4/c1-10-14(15(17)18-2)7-13(20-10)9-19-12-5-3-4-11(6-12)8-16/h3-7H,9H2,1-2H3. The number of nitriles is 1. The molecule has 0 spiro atoms. The summed E-state index contributed by atoms with van der Waals surface area (Å²) in [4.78, 5) is 11.4. The molecule has 0 radical (unpaired) electrons. The number of carbonyl (C=O) groups is 1. The fourth-order valence-electron chi connectivity index (χ4n) is 1.74. The molecule has 0 unspecified atom stereocenters. The van der Waals surface area contributed by atoms with Gasteiger partial charge in [-0.15, -0.1) is 0 Å². The number of esters is 1. The molecule has 0 saturated heterocycles. The zero-order chi connectivity index (χ0) is 14.5. The Hall–Kier alpha value is -2.74. The summed E-state index contributed by atoms with van der Waals surface area (Å²) in [7, 11) is 1.32. The van der Waals surface area contributed by atoms with Crippen molar-refractivity contribution in [3.05, 3.63) is 53.0 Å². The van der Waals surface area contributed by atoms with E-state index in [1.807, 2.05) is 6.07 Å². The van der Waals surface area contributed by atoms with Crippen LogP contribution in [-0.4, -0.2) is 13.1 Å². The maximum absolute atomic E-state index is 11.4. The van der Waals surface area contributed by atoms with Crippen molar-refractivity contribution in [1.82, 2.24) is 0 Å². The lowest BCUT2D eigenvalue weighted by molar-refractivity contribution is 0.0599. The van der Waals surface area contributed by atoms with Gasteiger partial charge in [-0.2, -0.15) is 5.26 Å². The monoisotopic (exact) mass is 271 g/mol. The van der Waals surface area contributed by atoms with E-state index in [1.165, 1.54) is 7.11 Å². The van der Waals surface area contributed by atoms with Gasteiger partial charge in [0.05, 0.1) is 18.7 Å². The number of benzene rings is 1. The number of furan rings is 1. The lowest BCUT2D eigenvalue weighted by Gasteiger charge is -2.03. The lowest BCUT2D eigenvalue weighted by atomic mass is 10.2. The molecule has 5 nitrogen and oxygen atoms in total. The molecule has 2 rings (SSSR count). The molecule has 1 aromatic heterocycles. The number of rotatable bonds is 4. The van der Waals surface area contributed by atoms with Crippen molar-refractivity contribution in [2.75, 3.05) is 7.11 Å². The third kappa shape index (κ3) is 2.98. The number of carbonyl (C=O) groups excluding carboxylic acids is 1. The number of ether oxygens (including phenoxy) is 2. The molecular formula is C15H13NO4. The summed E-state index contributed by atoms with van der Waals surface area (Å²) in [5.74, 6) is 1.13. The van der Waals surface area contributed by atoms with E-state index >= 15 is 0 Å². The second-order valence-corrected chi connectivity index (χ2v) is 4.10. The summed E-state index contributed by atoms with van der Waals surface area (Å²) < 4.78 is 15.6. The highest BCUT2D eigenvalue weighted by Gasteiger charge is 2.15. The van der Waals surface area contributed by atoms with Crippen molar-refractivity contribution in [1.29, 1.82) is 5.26 Å². The molecular weight excluding hydrogens is 258 g/mol. The average Bonchev–Trinajstić information content (AvgIpc) is 2.85. The number of methoxy groups -OCH3 is 1. The molecule has 0 atom stereocenters. The summed E-state index contributed by atoms with van der Waals surface area (Å²) in [5, 5.41) is 8.80. The number of aryl methyl sites for hydroxylation is 1. The van der Waals surface area contributed by atoms with Gasteiger partial charge in [0.25, 0.3) is 0 Å². The third-order valence-electron chi connectivity index (χ3n) is 2.72. The molecule has 0 aliphatic rings. The zero-order valence-corrected chi connectivity index (χ0v) is 11.2. The first kappa shape index (κ1) is 13.7. The van der Waals surface area contributed by atoms with Gasteiger partial charge in [-0.3, -0.25) is 0 Å². The third-order valence-corrected chi connectivity index (χ3v) is 2.72. The van der Waals surface area contributed by atoms with E-state index in [0.29, 0.717) is 28.4 Å². The summed E-state index contributed by atoms with van der Waals surface area (Å²) in [6.45, 7) is 1.86. The topological polar surface area (TPSA) is 72.5 Å². The van der Waals surface area contributed by atoms with Crippen LogP contribution in [-0.2, 0) is 11.3 Å². The molecule has 0 fully saturated rings. The Morgan fingerprint density at radius 3 is 2.90 bits per heavy atom. The van der Waals surface area contributed by atoms with E-state index in [4.69, 9.17) is 14.4 Å². The quantitative estimate of drug-likeness (QED) is 0.799. The second kappa shape index (κ2) is 5.93. The minimum absolute atomic E-state index is 0.173. The molecule has 2 aromatic rings. The Kier molecular flexibility index (Phi) is 4.06. The number of hydrogen-bond acceptors (Lipinski definition) is 5. The molecule has 0 saturated carbocycles. The summed E-state index contributed by atoms with van der Waals surface area (Å²) >= 11 is 0. The first-order valence-corrected chi connectivity index (χ1v) is 5.94. The Morgan fingerprint density at radius 1 is 1.40 bits per heavy atom. The normalized spacial score (nSPS) is 9.85. The van der Waals surface area contributed by atoms with Crippen molar-refractivity contribution in [3.63, 3.8) is 0 Å². The van der Waals surface area contributed by atoms with Gasteiger partial charge in [-0.1, -0.05) is 6.07 Å². The van der Waals surface area contributed by atoms with Crippen molar-refractivity contribution >= 4 is 5.97 Å². The van der Waals surface area contributed by atoms with Gasteiger partial charge in [0.2, 0.25) is 0 Å². The van der Waals surface area contributed by atoms with Crippen LogP contribution in [0.15, 0.2) is 34.7 Å². The van der Waals surface area contributed by atoms with Crippen LogP contribution < -0.4 is 4.74 Å². The second-order valence-electron chi connectivity index (χ2n) is 4.10. The smallest absolute Gasteiger partial charge is 0.341 e. The van der Waals surface area contributed by atoms with Crippen LogP contribution in [0.1, 0.15) is 27.4 Å². The molecule has 1 aromatic carbocycles. The molecule has 0 aliphatic heterocycles. The average molecular weight is 271 g/mol. The van der Waals surface area contributed by atoms with E-state index in [9.17, 15) is 4.79 Å². The van der Waals surface area contributed by atoms with Crippen LogP contribution in [0.4, 0.5) is 0 Å². The molecule has 102 valence electrons. The predicted octanol–water partition coefficient (Wildman–Crippen LogP) is 2.83. The van der Waals surface area contributed by atoms with Crippen LogP contribution in [0, 0.1) is 18.3 Å². The van der Waals surface area contributed by atoms with Crippen molar-refractivity contribution in [2.45, 2.75) is 13.5 Å². The van der Waals surface area contributed by atoms with Gasteiger partial charge < -0.3 is 13.9 Å². The fourth-order valence-corrected chi connectivity index (χ4v) is 1.74. The Labute approximate surface area is 116 Å². The Bertz CT molecular complexity index is 667. The summed E-state index contributed by atoms with van der Waals surface area (Å²) in [6.07, 6.45) is 0. The highest BCUT2D eigenvalue weighted by Crippen LogP contribution is 2.19. The summed E-state index contributed by atoms with van der Waals surface area (Å²) in [6, 6.07) is 10.4. The lowest BCUT2D eigenvalue weighted by Crippen LogP contribution is -2.00. The van der Waals surface area contributed by atoms with E-state index < -0.39 is 5.97 Å². The molecule has 0 aliphatic carbocycles. The molecule has 5 heteroatoms. The highest BCUT2D eigenvalue weighted by atomic mass is 16.5. The number of hydrogen-bond donors (Lipinski definition) is 0. The van der Waals surface area contributed by atoms with Gasteiger partial charge in [0, 0.05) is 0 Å². The maximum atomic E-state index is 11.4. The maximum Gasteiger partial charge on any atom is 0.341 e. The molecule has 0 amide bonds. The molecule has 0 N–H and O–H groups in total.